The normalized spacial score (nSPS) is 14.1. The van der Waals surface area contributed by atoms with Crippen LogP contribution in [0.1, 0.15) is 18.5 Å². The Morgan fingerprint density at radius 1 is 1.38 bits per heavy atom. The molecule has 1 aromatic heterocycles. The van der Waals surface area contributed by atoms with E-state index in [1.807, 2.05) is 0 Å². The Labute approximate surface area is 120 Å². The van der Waals surface area contributed by atoms with Gasteiger partial charge in [-0.25, -0.2) is 4.98 Å². The smallest absolute Gasteiger partial charge is 0.280 e. The van der Waals surface area contributed by atoms with Crippen molar-refractivity contribution >= 4 is 5.69 Å². The third-order valence-electron chi connectivity index (χ3n) is 3.30. The summed E-state index contributed by atoms with van der Waals surface area (Å²) in [6, 6.07) is 8.14. The van der Waals surface area contributed by atoms with Crippen molar-refractivity contribution < 1.29 is 4.92 Å². The lowest BCUT2D eigenvalue weighted by Gasteiger charge is -2.06. The maximum atomic E-state index is 11.7. The quantitative estimate of drug-likeness (QED) is 0.642. The van der Waals surface area contributed by atoms with E-state index in [0.29, 0.717) is 23.8 Å². The van der Waals surface area contributed by atoms with Gasteiger partial charge in [0.2, 0.25) is 0 Å². The molecule has 7 nitrogen and oxygen atoms in total. The fraction of sp³-hybridized carbons (Fsp3) is 0.286. The summed E-state index contributed by atoms with van der Waals surface area (Å²) in [6.45, 7) is 0.488. The van der Waals surface area contributed by atoms with E-state index in [9.17, 15) is 14.9 Å². The summed E-state index contributed by atoms with van der Waals surface area (Å²) in [5, 5.41) is 14.3. The van der Waals surface area contributed by atoms with Gasteiger partial charge in [0.25, 0.3) is 11.2 Å². The Morgan fingerprint density at radius 3 is 2.86 bits per heavy atom. The van der Waals surface area contributed by atoms with Gasteiger partial charge in [0.05, 0.1) is 16.2 Å². The number of hydrogen-bond donors (Lipinski definition) is 2. The van der Waals surface area contributed by atoms with Crippen LogP contribution < -0.4 is 10.9 Å². The summed E-state index contributed by atoms with van der Waals surface area (Å²) in [6.07, 6.45) is 2.28. The van der Waals surface area contributed by atoms with Crippen LogP contribution in [0.3, 0.4) is 0 Å². The minimum atomic E-state index is -0.482. The SMILES string of the molecule is O=c1cc(CNC2CC2)nc(-c2ccccc2[N+](=O)[O-])[nH]1. The maximum absolute atomic E-state index is 11.7. The molecule has 1 aliphatic rings. The maximum Gasteiger partial charge on any atom is 0.280 e. The van der Waals surface area contributed by atoms with E-state index in [4.69, 9.17) is 0 Å². The Balaban J connectivity index is 1.97. The van der Waals surface area contributed by atoms with Crippen LogP contribution in [0, 0.1) is 10.1 Å². The first-order chi connectivity index (χ1) is 10.1. The number of para-hydroxylation sites is 1. The lowest BCUT2D eigenvalue weighted by molar-refractivity contribution is -0.384. The predicted octanol–water partition coefficient (Wildman–Crippen LogP) is 1.60. The average Bonchev–Trinajstić information content (AvgIpc) is 3.29. The number of nitro benzene ring substituents is 1. The molecule has 1 fully saturated rings. The van der Waals surface area contributed by atoms with E-state index < -0.39 is 4.92 Å². The van der Waals surface area contributed by atoms with Gasteiger partial charge in [0, 0.05) is 24.7 Å². The molecule has 21 heavy (non-hydrogen) atoms. The highest BCUT2D eigenvalue weighted by atomic mass is 16.6. The number of H-pyrrole nitrogens is 1. The van der Waals surface area contributed by atoms with E-state index in [1.54, 1.807) is 18.2 Å². The van der Waals surface area contributed by atoms with Gasteiger partial charge in [0.15, 0.2) is 0 Å². The highest BCUT2D eigenvalue weighted by molar-refractivity contribution is 5.67. The average molecular weight is 286 g/mol. The topological polar surface area (TPSA) is 101 Å². The van der Waals surface area contributed by atoms with Crippen LogP contribution in [0.4, 0.5) is 5.69 Å². The van der Waals surface area contributed by atoms with Gasteiger partial charge in [-0.05, 0) is 18.9 Å². The molecule has 0 saturated heterocycles. The highest BCUT2D eigenvalue weighted by Gasteiger charge is 2.21. The van der Waals surface area contributed by atoms with Crippen molar-refractivity contribution in [2.75, 3.05) is 0 Å². The van der Waals surface area contributed by atoms with E-state index in [-0.39, 0.29) is 17.1 Å². The van der Waals surface area contributed by atoms with Crippen molar-refractivity contribution in [1.82, 2.24) is 15.3 Å². The number of benzene rings is 1. The molecule has 0 aliphatic heterocycles. The Morgan fingerprint density at radius 2 is 2.14 bits per heavy atom. The molecule has 0 amide bonds. The lowest BCUT2D eigenvalue weighted by Crippen LogP contribution is -2.19. The molecule has 2 N–H and O–H groups in total. The minimum absolute atomic E-state index is 0.0760. The fourth-order valence-corrected chi connectivity index (χ4v) is 2.10. The van der Waals surface area contributed by atoms with Crippen molar-refractivity contribution in [2.24, 2.45) is 0 Å². The lowest BCUT2D eigenvalue weighted by atomic mass is 10.1. The number of aromatic nitrogens is 2. The first-order valence-electron chi connectivity index (χ1n) is 6.71. The number of nitrogens with zero attached hydrogens (tertiary/aromatic N) is 2. The molecule has 2 aromatic rings. The van der Waals surface area contributed by atoms with Crippen LogP contribution in [-0.4, -0.2) is 20.9 Å². The molecule has 1 aliphatic carbocycles. The zero-order valence-electron chi connectivity index (χ0n) is 11.2. The van der Waals surface area contributed by atoms with E-state index in [2.05, 4.69) is 15.3 Å². The molecule has 0 bridgehead atoms. The Hall–Kier alpha value is -2.54. The number of rotatable bonds is 5. The summed E-state index contributed by atoms with van der Waals surface area (Å²) in [7, 11) is 0. The highest BCUT2D eigenvalue weighted by Crippen LogP contribution is 2.26. The molecule has 1 heterocycles. The molecule has 1 saturated carbocycles. The molecular weight excluding hydrogens is 272 g/mol. The molecule has 0 atom stereocenters. The molecule has 0 radical (unpaired) electrons. The number of nitrogens with one attached hydrogen (secondary N) is 2. The molecule has 108 valence electrons. The monoisotopic (exact) mass is 286 g/mol. The van der Waals surface area contributed by atoms with Gasteiger partial charge in [-0.15, -0.1) is 0 Å². The van der Waals surface area contributed by atoms with E-state index >= 15 is 0 Å². The second-order valence-corrected chi connectivity index (χ2v) is 5.01. The van der Waals surface area contributed by atoms with E-state index in [1.165, 1.54) is 12.1 Å². The standard InChI is InChI=1S/C14H14N4O3/c19-13-7-10(8-15-9-5-6-9)16-14(17-13)11-3-1-2-4-12(11)18(20)21/h1-4,7,9,15H,5-6,8H2,(H,16,17,19). The Bertz CT molecular complexity index is 737. The van der Waals surface area contributed by atoms with Crippen LogP contribution in [0.15, 0.2) is 35.1 Å². The Kier molecular flexibility index (Phi) is 3.49. The third-order valence-corrected chi connectivity index (χ3v) is 3.30. The minimum Gasteiger partial charge on any atom is -0.308 e. The fourth-order valence-electron chi connectivity index (χ4n) is 2.10. The zero-order chi connectivity index (χ0) is 14.8. The van der Waals surface area contributed by atoms with Crippen LogP contribution in [-0.2, 0) is 6.54 Å². The van der Waals surface area contributed by atoms with Gasteiger partial charge < -0.3 is 10.3 Å². The summed E-state index contributed by atoms with van der Waals surface area (Å²) >= 11 is 0. The zero-order valence-corrected chi connectivity index (χ0v) is 11.2. The molecule has 0 spiro atoms. The van der Waals surface area contributed by atoms with E-state index in [0.717, 1.165) is 12.8 Å². The predicted molar refractivity (Wildman–Crippen MR) is 76.8 cm³/mol. The van der Waals surface area contributed by atoms with Gasteiger partial charge >= 0.3 is 0 Å². The van der Waals surface area contributed by atoms with Crippen molar-refractivity contribution in [3.63, 3.8) is 0 Å². The molecule has 1 aromatic carbocycles. The summed E-state index contributed by atoms with van der Waals surface area (Å²) in [5.41, 5.74) is 0.505. The van der Waals surface area contributed by atoms with Crippen molar-refractivity contribution in [2.45, 2.75) is 25.4 Å². The summed E-state index contributed by atoms with van der Waals surface area (Å²) < 4.78 is 0. The number of hydrogen-bond acceptors (Lipinski definition) is 5. The first kappa shape index (κ1) is 13.4. The van der Waals surface area contributed by atoms with Crippen molar-refractivity contribution in [3.05, 3.63) is 56.5 Å². The van der Waals surface area contributed by atoms with Gasteiger partial charge in [-0.3, -0.25) is 14.9 Å². The van der Waals surface area contributed by atoms with Crippen LogP contribution >= 0.6 is 0 Å². The van der Waals surface area contributed by atoms with Gasteiger partial charge in [-0.1, -0.05) is 12.1 Å². The molecule has 3 rings (SSSR count). The van der Waals surface area contributed by atoms with Gasteiger partial charge in [-0.2, -0.15) is 0 Å². The second kappa shape index (κ2) is 5.45. The molecule has 0 unspecified atom stereocenters. The van der Waals surface area contributed by atoms with Crippen molar-refractivity contribution in [3.8, 4) is 11.4 Å². The second-order valence-electron chi connectivity index (χ2n) is 5.01. The van der Waals surface area contributed by atoms with Crippen molar-refractivity contribution in [1.29, 1.82) is 0 Å². The van der Waals surface area contributed by atoms with Crippen LogP contribution in [0.5, 0.6) is 0 Å². The summed E-state index contributed by atoms with van der Waals surface area (Å²) in [5.74, 6) is 0.224. The first-order valence-corrected chi connectivity index (χ1v) is 6.71. The van der Waals surface area contributed by atoms with Crippen LogP contribution in [0.25, 0.3) is 11.4 Å². The summed E-state index contributed by atoms with van der Waals surface area (Å²) in [4.78, 5) is 29.2. The third kappa shape index (κ3) is 3.14. The van der Waals surface area contributed by atoms with Crippen LogP contribution in [0.2, 0.25) is 0 Å². The molecular formula is C14H14N4O3. The number of aromatic amines is 1. The molecule has 7 heteroatoms. The largest absolute Gasteiger partial charge is 0.308 e. The number of nitro groups is 1. The van der Waals surface area contributed by atoms with Gasteiger partial charge in [0.1, 0.15) is 5.82 Å².